The van der Waals surface area contributed by atoms with Gasteiger partial charge in [-0.3, -0.25) is 4.79 Å². The molecule has 2 aliphatic heterocycles. The zero-order chi connectivity index (χ0) is 10.2. The first-order valence-corrected chi connectivity index (χ1v) is 5.33. The van der Waals surface area contributed by atoms with Crippen LogP contribution in [0.3, 0.4) is 0 Å². The molecule has 17 heavy (non-hydrogen) atoms. The smallest absolute Gasteiger partial charge is 1.00 e. The van der Waals surface area contributed by atoms with E-state index in [2.05, 4.69) is 0 Å². The number of hydrogen-bond donors (Lipinski definition) is 0. The van der Waals surface area contributed by atoms with Crippen molar-refractivity contribution in [2.45, 2.75) is 44.6 Å². The van der Waals surface area contributed by atoms with E-state index in [1.54, 1.807) is 7.11 Å². The van der Waals surface area contributed by atoms with Crippen LogP contribution >= 0.6 is 0 Å². The molecule has 0 unspecified atom stereocenters. The molecule has 1 saturated carbocycles. The van der Waals surface area contributed by atoms with E-state index in [0.29, 0.717) is 6.61 Å². The third-order valence-corrected chi connectivity index (χ3v) is 3.82. The molecule has 0 aromatic carbocycles. The third-order valence-electron chi connectivity index (χ3n) is 3.82. The number of halogens is 1. The van der Waals surface area contributed by atoms with Crippen LogP contribution in [0, 0.1) is 12.8 Å². The quantitative estimate of drug-likeness (QED) is 0.379. The number of carbonyl (C=O) groups is 1. The topological polar surface area (TPSA) is 35.5 Å². The number of esters is 1. The first kappa shape index (κ1) is 20.0. The summed E-state index contributed by atoms with van der Waals surface area (Å²) < 4.78 is 10.5. The van der Waals surface area contributed by atoms with Crippen LogP contribution in [0.2, 0.25) is 0 Å². The molecule has 5 heteroatoms. The average molecular weight is 318 g/mol. The molecule has 1 aliphatic carbocycles. The second-order valence-corrected chi connectivity index (χ2v) is 4.86. The second-order valence-electron chi connectivity index (χ2n) is 4.86. The molecule has 0 atom stereocenters. The third kappa shape index (κ3) is 3.82. The van der Waals surface area contributed by atoms with Crippen molar-refractivity contribution < 1.29 is 31.2 Å². The van der Waals surface area contributed by atoms with Gasteiger partial charge in [0.25, 0.3) is 0 Å². The summed E-state index contributed by atoms with van der Waals surface area (Å²) in [5.74, 6) is 0.00884. The fourth-order valence-electron chi connectivity index (χ4n) is 2.55. The van der Waals surface area contributed by atoms with E-state index in [4.69, 9.17) is 9.47 Å². The van der Waals surface area contributed by atoms with Crippen molar-refractivity contribution in [1.82, 2.24) is 0 Å². The molecular weight excluding hydrogens is 296 g/mol. The van der Waals surface area contributed by atoms with E-state index >= 15 is 0 Å². The predicted molar refractivity (Wildman–Crippen MR) is 64.1 cm³/mol. The van der Waals surface area contributed by atoms with Gasteiger partial charge in [-0.2, -0.15) is 0 Å². The Morgan fingerprint density at radius 1 is 1.29 bits per heavy atom. The molecule has 0 N–H and O–H groups in total. The molecule has 3 aliphatic rings. The van der Waals surface area contributed by atoms with Gasteiger partial charge in [-0.15, -0.1) is 0 Å². The normalized spacial score (nSPS) is 33.9. The Hall–Kier alpha value is 0.676. The summed E-state index contributed by atoms with van der Waals surface area (Å²) in [6, 6.07) is 0. The van der Waals surface area contributed by atoms with Crippen molar-refractivity contribution in [1.29, 1.82) is 0 Å². The summed E-state index contributed by atoms with van der Waals surface area (Å²) in [5.41, 5.74) is -0.375. The van der Waals surface area contributed by atoms with E-state index in [1.807, 2.05) is 6.92 Å². The van der Waals surface area contributed by atoms with Gasteiger partial charge in [0, 0.05) is 13.7 Å². The molecule has 3 fully saturated rings. The molecule has 0 radical (unpaired) electrons. The summed E-state index contributed by atoms with van der Waals surface area (Å²) in [4.78, 5) is 11.8. The van der Waals surface area contributed by atoms with Crippen molar-refractivity contribution in [3.05, 3.63) is 7.43 Å². The molecule has 0 aromatic heterocycles. The van der Waals surface area contributed by atoms with Crippen LogP contribution in [0.15, 0.2) is 0 Å². The summed E-state index contributed by atoms with van der Waals surface area (Å²) in [5, 5.41) is 0. The Labute approximate surface area is 131 Å². The summed E-state index contributed by atoms with van der Waals surface area (Å²) >= 11 is 0. The number of ether oxygens (including phenoxy) is 2. The maximum atomic E-state index is 11.8. The van der Waals surface area contributed by atoms with Gasteiger partial charge in [0.1, 0.15) is 5.60 Å². The molecule has 0 amide bonds. The number of fused-ring (bicyclic) bond motifs is 3. The van der Waals surface area contributed by atoms with Gasteiger partial charge >= 0.3 is 29.0 Å². The van der Waals surface area contributed by atoms with Gasteiger partial charge in [0.2, 0.25) is 0 Å². The molecule has 3 rings (SSSR count). The van der Waals surface area contributed by atoms with Crippen LogP contribution in [0.5, 0.6) is 0 Å². The maximum absolute atomic E-state index is 11.8. The van der Waals surface area contributed by atoms with Crippen LogP contribution in [0.25, 0.3) is 0 Å². The van der Waals surface area contributed by atoms with Crippen molar-refractivity contribution in [3.8, 4) is 0 Å². The van der Waals surface area contributed by atoms with Crippen molar-refractivity contribution in [3.63, 3.8) is 0 Å². The Kier molecular flexibility index (Phi) is 8.60. The standard InChI is InChI=1S/C11H18O3.CH3.BrH.Mg/c1-10-3-5-11(6-4-10,7-8-13-2)9(12)14-10;;;/h3-8H2,1-2H3;1H3;1H;/q;-1;;+2/p-1. The van der Waals surface area contributed by atoms with Gasteiger partial charge in [-0.25, -0.2) is 0 Å². The number of methoxy groups -OCH3 is 1. The van der Waals surface area contributed by atoms with E-state index < -0.39 is 0 Å². The van der Waals surface area contributed by atoms with Gasteiger partial charge in [0.15, 0.2) is 0 Å². The van der Waals surface area contributed by atoms with Crippen molar-refractivity contribution in [2.24, 2.45) is 5.41 Å². The average Bonchev–Trinajstić information content (AvgIpc) is 2.16. The zero-order valence-corrected chi connectivity index (χ0v) is 14.1. The van der Waals surface area contributed by atoms with Crippen LogP contribution in [0.1, 0.15) is 39.0 Å². The molecule has 2 bridgehead atoms. The Morgan fingerprint density at radius 3 is 2.24 bits per heavy atom. The number of hydrogen-bond acceptors (Lipinski definition) is 3. The van der Waals surface area contributed by atoms with Crippen molar-refractivity contribution in [2.75, 3.05) is 13.7 Å². The Morgan fingerprint density at radius 2 is 1.82 bits per heavy atom. The van der Waals surface area contributed by atoms with Crippen LogP contribution in [-0.4, -0.2) is 48.3 Å². The fourth-order valence-corrected chi connectivity index (χ4v) is 2.55. The largest absolute Gasteiger partial charge is 2.00 e. The first-order chi connectivity index (χ1) is 6.60. The van der Waals surface area contributed by atoms with Gasteiger partial charge in [-0.05, 0) is 39.0 Å². The molecule has 0 spiro atoms. The molecular formula is C12H21BrMgO3. The summed E-state index contributed by atoms with van der Waals surface area (Å²) in [6.45, 7) is 2.70. The van der Waals surface area contributed by atoms with Crippen LogP contribution in [-0.2, 0) is 14.3 Å². The van der Waals surface area contributed by atoms with Crippen LogP contribution < -0.4 is 17.0 Å². The Balaban J connectivity index is 0. The molecule has 2 heterocycles. The maximum Gasteiger partial charge on any atom is 2.00 e. The van der Waals surface area contributed by atoms with E-state index in [-0.39, 0.29) is 64.4 Å². The van der Waals surface area contributed by atoms with Gasteiger partial charge in [0.05, 0.1) is 5.41 Å². The molecule has 0 aromatic rings. The minimum absolute atomic E-state index is 0. The van der Waals surface area contributed by atoms with Crippen LogP contribution in [0.4, 0.5) is 0 Å². The van der Waals surface area contributed by atoms with E-state index in [1.165, 1.54) is 0 Å². The monoisotopic (exact) mass is 316 g/mol. The van der Waals surface area contributed by atoms with E-state index in [0.717, 1.165) is 32.1 Å². The summed E-state index contributed by atoms with van der Waals surface area (Å²) in [7, 11) is 1.68. The SMILES string of the molecule is COCCC12CCC(C)(CC1)OC2=O.[Br-].[CH3-].[Mg+2]. The minimum atomic E-state index is -0.215. The molecule has 2 saturated heterocycles. The fraction of sp³-hybridized carbons (Fsp3) is 0.833. The van der Waals surface area contributed by atoms with E-state index in [9.17, 15) is 4.79 Å². The zero-order valence-electron chi connectivity index (χ0n) is 11.1. The predicted octanol–water partition coefficient (Wildman–Crippen LogP) is -1.03. The van der Waals surface area contributed by atoms with Gasteiger partial charge < -0.3 is 33.9 Å². The summed E-state index contributed by atoms with van der Waals surface area (Å²) in [6.07, 6.45) is 4.81. The molecule has 3 nitrogen and oxygen atoms in total. The molecule has 96 valence electrons. The number of carbonyl (C=O) groups excluding carboxylic acids is 1. The first-order valence-electron chi connectivity index (χ1n) is 5.33. The minimum Gasteiger partial charge on any atom is -1.00 e. The number of rotatable bonds is 3. The second kappa shape index (κ2) is 7.31. The Bertz CT molecular complexity index is 245. The van der Waals surface area contributed by atoms with Crippen molar-refractivity contribution >= 4 is 29.0 Å². The van der Waals surface area contributed by atoms with Gasteiger partial charge in [-0.1, -0.05) is 0 Å².